The van der Waals surface area contributed by atoms with E-state index in [0.717, 1.165) is 51.1 Å². The molecule has 5 nitrogen and oxygen atoms in total. The molecule has 0 N–H and O–H groups in total. The van der Waals surface area contributed by atoms with Crippen molar-refractivity contribution in [1.82, 2.24) is 14.7 Å². The topological polar surface area (TPSA) is 34.4 Å². The molecule has 4 rings (SSSR count). The minimum atomic E-state index is 0.909. The maximum Gasteiger partial charge on any atom is 0.209 e. The summed E-state index contributed by atoms with van der Waals surface area (Å²) in [5.41, 5.74) is 0. The Morgan fingerprint density at radius 2 is 1.53 bits per heavy atom. The largest absolute Gasteiger partial charge is 0.298 e. The van der Waals surface area contributed by atoms with E-state index in [2.05, 4.69) is 30.8 Å². The van der Waals surface area contributed by atoms with Gasteiger partial charge in [0.25, 0.3) is 0 Å². The van der Waals surface area contributed by atoms with Crippen molar-refractivity contribution >= 4 is 11.9 Å². The van der Waals surface area contributed by atoms with Gasteiger partial charge >= 0.3 is 0 Å². The standard InChI is InChI=1S/C10H13N5/c1-2-8-13(5-1)9-12-4-7-15(9)10-11-3-6-14(8)10/h2H,1,3-7H2. The summed E-state index contributed by atoms with van der Waals surface area (Å²) in [4.78, 5) is 16.1. The summed E-state index contributed by atoms with van der Waals surface area (Å²) in [6, 6.07) is 0. The summed E-state index contributed by atoms with van der Waals surface area (Å²) >= 11 is 0. The van der Waals surface area contributed by atoms with E-state index in [-0.39, 0.29) is 0 Å². The van der Waals surface area contributed by atoms with E-state index in [1.165, 1.54) is 5.82 Å². The molecule has 1 fully saturated rings. The molecule has 4 aliphatic rings. The van der Waals surface area contributed by atoms with Crippen molar-refractivity contribution in [2.45, 2.75) is 6.42 Å². The van der Waals surface area contributed by atoms with Crippen LogP contribution in [0.4, 0.5) is 0 Å². The van der Waals surface area contributed by atoms with Gasteiger partial charge in [-0.05, 0) is 12.5 Å². The van der Waals surface area contributed by atoms with E-state index >= 15 is 0 Å². The number of hydrogen-bond acceptors (Lipinski definition) is 5. The van der Waals surface area contributed by atoms with Crippen molar-refractivity contribution in [2.24, 2.45) is 9.98 Å². The zero-order valence-electron chi connectivity index (χ0n) is 8.56. The highest BCUT2D eigenvalue weighted by Crippen LogP contribution is 2.30. The van der Waals surface area contributed by atoms with Crippen LogP contribution in [-0.4, -0.2) is 59.3 Å². The highest BCUT2D eigenvalue weighted by molar-refractivity contribution is 6.04. The Labute approximate surface area is 88.4 Å². The first-order chi connectivity index (χ1) is 7.45. The SMILES string of the molecule is C1=C2N(CC1)C1=NCCN1C1=NCCN21. The van der Waals surface area contributed by atoms with E-state index in [9.17, 15) is 0 Å². The molecule has 0 aromatic rings. The van der Waals surface area contributed by atoms with Crippen LogP contribution < -0.4 is 0 Å². The van der Waals surface area contributed by atoms with E-state index in [1.54, 1.807) is 0 Å². The lowest BCUT2D eigenvalue weighted by Gasteiger charge is -2.41. The van der Waals surface area contributed by atoms with Crippen molar-refractivity contribution < 1.29 is 0 Å². The quantitative estimate of drug-likeness (QED) is 0.551. The van der Waals surface area contributed by atoms with Crippen LogP contribution in [-0.2, 0) is 0 Å². The maximum atomic E-state index is 4.58. The fourth-order valence-corrected chi connectivity index (χ4v) is 2.75. The average molecular weight is 203 g/mol. The highest BCUT2D eigenvalue weighted by atomic mass is 15.6. The molecule has 0 aromatic heterocycles. The molecular formula is C10H13N5. The van der Waals surface area contributed by atoms with Crippen LogP contribution in [0.2, 0.25) is 0 Å². The summed E-state index contributed by atoms with van der Waals surface area (Å²) in [6.07, 6.45) is 3.44. The number of fused-ring (bicyclic) bond motifs is 6. The van der Waals surface area contributed by atoms with E-state index in [4.69, 9.17) is 0 Å². The Bertz CT molecular complexity index is 328. The molecule has 0 saturated carbocycles. The second kappa shape index (κ2) is 2.53. The van der Waals surface area contributed by atoms with Crippen LogP contribution in [0, 0.1) is 0 Å². The smallest absolute Gasteiger partial charge is 0.209 e. The van der Waals surface area contributed by atoms with Crippen LogP contribution >= 0.6 is 0 Å². The van der Waals surface area contributed by atoms with Gasteiger partial charge in [0, 0.05) is 19.6 Å². The van der Waals surface area contributed by atoms with Crippen molar-refractivity contribution in [2.75, 3.05) is 32.7 Å². The lowest BCUT2D eigenvalue weighted by molar-refractivity contribution is 0.327. The minimum Gasteiger partial charge on any atom is -0.298 e. The summed E-state index contributed by atoms with van der Waals surface area (Å²) in [7, 11) is 0. The van der Waals surface area contributed by atoms with Crippen LogP contribution in [0.3, 0.4) is 0 Å². The van der Waals surface area contributed by atoms with Gasteiger partial charge in [-0.15, -0.1) is 0 Å². The molecule has 0 unspecified atom stereocenters. The number of rotatable bonds is 0. The second-order valence-electron chi connectivity index (χ2n) is 4.17. The van der Waals surface area contributed by atoms with Gasteiger partial charge in [0.2, 0.25) is 11.9 Å². The summed E-state index contributed by atoms with van der Waals surface area (Å²) < 4.78 is 0. The lowest BCUT2D eigenvalue weighted by atomic mass is 10.4. The van der Waals surface area contributed by atoms with Crippen molar-refractivity contribution in [3.8, 4) is 0 Å². The average Bonchev–Trinajstić information content (AvgIpc) is 2.97. The third kappa shape index (κ3) is 0.836. The minimum absolute atomic E-state index is 0.909. The zero-order chi connectivity index (χ0) is 9.83. The molecule has 0 amide bonds. The van der Waals surface area contributed by atoms with Gasteiger partial charge in [-0.25, -0.2) is 0 Å². The first kappa shape index (κ1) is 7.73. The first-order valence-electron chi connectivity index (χ1n) is 5.57. The Balaban J connectivity index is 1.86. The zero-order valence-corrected chi connectivity index (χ0v) is 8.56. The fourth-order valence-electron chi connectivity index (χ4n) is 2.75. The molecule has 78 valence electrons. The third-order valence-corrected chi connectivity index (χ3v) is 3.35. The molecule has 0 bridgehead atoms. The third-order valence-electron chi connectivity index (χ3n) is 3.35. The van der Waals surface area contributed by atoms with Gasteiger partial charge < -0.3 is 0 Å². The predicted octanol–water partition coefficient (Wildman–Crippen LogP) is -0.110. The Morgan fingerprint density at radius 1 is 0.867 bits per heavy atom. The number of nitrogens with zero attached hydrogens (tertiary/aromatic N) is 5. The Hall–Kier alpha value is -1.52. The van der Waals surface area contributed by atoms with Crippen LogP contribution in [0.1, 0.15) is 6.42 Å². The van der Waals surface area contributed by atoms with Crippen LogP contribution in [0.15, 0.2) is 21.9 Å². The molecule has 4 heterocycles. The summed E-state index contributed by atoms with van der Waals surface area (Å²) in [5, 5.41) is 0. The highest BCUT2D eigenvalue weighted by Gasteiger charge is 2.42. The van der Waals surface area contributed by atoms with E-state index < -0.39 is 0 Å². The van der Waals surface area contributed by atoms with Crippen LogP contribution in [0.25, 0.3) is 0 Å². The van der Waals surface area contributed by atoms with Crippen molar-refractivity contribution in [1.29, 1.82) is 0 Å². The molecule has 0 aliphatic carbocycles. The lowest BCUT2D eigenvalue weighted by Crippen LogP contribution is -2.56. The van der Waals surface area contributed by atoms with Gasteiger partial charge in [-0.2, -0.15) is 0 Å². The number of hydrogen-bond donors (Lipinski definition) is 0. The summed E-state index contributed by atoms with van der Waals surface area (Å²) in [6.45, 7) is 4.93. The van der Waals surface area contributed by atoms with Gasteiger partial charge in [0.05, 0.1) is 13.1 Å². The predicted molar refractivity (Wildman–Crippen MR) is 57.4 cm³/mol. The summed E-state index contributed by atoms with van der Waals surface area (Å²) in [5.74, 6) is 3.55. The molecule has 0 aromatic carbocycles. The molecular weight excluding hydrogens is 190 g/mol. The first-order valence-corrected chi connectivity index (χ1v) is 5.57. The van der Waals surface area contributed by atoms with Gasteiger partial charge in [0.15, 0.2) is 0 Å². The molecule has 4 aliphatic heterocycles. The molecule has 0 spiro atoms. The molecule has 0 radical (unpaired) electrons. The van der Waals surface area contributed by atoms with Gasteiger partial charge in [0.1, 0.15) is 5.82 Å². The van der Waals surface area contributed by atoms with E-state index in [0.29, 0.717) is 0 Å². The molecule has 1 saturated heterocycles. The van der Waals surface area contributed by atoms with Crippen molar-refractivity contribution in [3.63, 3.8) is 0 Å². The normalized spacial score (nSPS) is 27.2. The number of aliphatic imine (C=N–C) groups is 2. The van der Waals surface area contributed by atoms with Gasteiger partial charge in [-0.1, -0.05) is 0 Å². The maximum absolute atomic E-state index is 4.58. The van der Waals surface area contributed by atoms with Crippen molar-refractivity contribution in [3.05, 3.63) is 11.9 Å². The molecule has 0 atom stereocenters. The fraction of sp³-hybridized carbons (Fsp3) is 0.600. The number of guanidine groups is 2. The Kier molecular flexibility index (Phi) is 1.31. The van der Waals surface area contributed by atoms with Gasteiger partial charge in [-0.3, -0.25) is 24.7 Å². The Morgan fingerprint density at radius 3 is 2.33 bits per heavy atom. The monoisotopic (exact) mass is 203 g/mol. The second-order valence-corrected chi connectivity index (χ2v) is 4.17. The van der Waals surface area contributed by atoms with Crippen LogP contribution in [0.5, 0.6) is 0 Å². The van der Waals surface area contributed by atoms with E-state index in [1.807, 2.05) is 0 Å². The molecule has 5 heteroatoms. The molecule has 15 heavy (non-hydrogen) atoms.